The van der Waals surface area contributed by atoms with Crippen LogP contribution in [0.2, 0.25) is 0 Å². The van der Waals surface area contributed by atoms with E-state index in [1.807, 2.05) is 0 Å². The van der Waals surface area contributed by atoms with Crippen molar-refractivity contribution in [1.29, 1.82) is 0 Å². The fourth-order valence-corrected chi connectivity index (χ4v) is 6.92. The Morgan fingerprint density at radius 3 is 0.780 bits per heavy atom. The fraction of sp³-hybridized carbons (Fsp3) is 0.444. The second-order valence-electron chi connectivity index (χ2n) is 10.8. The van der Waals surface area contributed by atoms with Gasteiger partial charge in [-0.15, -0.1) is 22.1 Å². The minimum atomic E-state index is 0. The van der Waals surface area contributed by atoms with Crippen LogP contribution < -0.4 is 9.97 Å². The maximum absolute atomic E-state index is 5.25. The summed E-state index contributed by atoms with van der Waals surface area (Å²) < 4.78 is 0. The molecule has 2 aliphatic heterocycles. The SMILES string of the molecule is CCC1=C(CC)c2cc3[n-]c(cc4nc(cc5[n-]c(cc1n2)c(CC)c5CC)C(CC)=C4CC)c(CC)c3CC.[Pt]. The first kappa shape index (κ1) is 31.2. The van der Waals surface area contributed by atoms with Crippen molar-refractivity contribution >= 4 is 44.4 Å². The topological polar surface area (TPSA) is 54.0 Å². The number of fused-ring (bicyclic) bond motifs is 8. The Balaban J connectivity index is 0.00000387. The van der Waals surface area contributed by atoms with Gasteiger partial charge in [-0.25, -0.2) is 9.97 Å². The summed E-state index contributed by atoms with van der Waals surface area (Å²) in [5, 5.41) is 0. The Morgan fingerprint density at radius 1 is 0.390 bits per heavy atom. The zero-order chi connectivity index (χ0) is 28.6. The van der Waals surface area contributed by atoms with Crippen LogP contribution in [0.15, 0.2) is 24.3 Å². The molecule has 0 saturated carbocycles. The minimum Gasteiger partial charge on any atom is -0.657 e. The molecule has 0 aromatic carbocycles. The second kappa shape index (κ2) is 13.1. The molecule has 5 heterocycles. The zero-order valence-corrected chi connectivity index (χ0v) is 28.3. The zero-order valence-electron chi connectivity index (χ0n) is 26.1. The Labute approximate surface area is 260 Å². The van der Waals surface area contributed by atoms with E-state index in [1.54, 1.807) is 0 Å². The smallest absolute Gasteiger partial charge is 0.0660 e. The first-order chi connectivity index (χ1) is 19.5. The molecular weight excluding hydrogens is 684 g/mol. The largest absolute Gasteiger partial charge is 0.657 e. The molecule has 0 fully saturated rings. The summed E-state index contributed by atoms with van der Waals surface area (Å²) in [4.78, 5) is 21.0. The molecule has 0 N–H and O–H groups in total. The summed E-state index contributed by atoms with van der Waals surface area (Å²) >= 11 is 0. The van der Waals surface area contributed by atoms with Gasteiger partial charge in [-0.3, -0.25) is 0 Å². The molecule has 220 valence electrons. The molecule has 0 unspecified atom stereocenters. The predicted octanol–water partition coefficient (Wildman–Crippen LogP) is 9.28. The van der Waals surface area contributed by atoms with Crippen LogP contribution >= 0.6 is 0 Å². The van der Waals surface area contributed by atoms with E-state index in [0.29, 0.717) is 0 Å². The maximum atomic E-state index is 5.25. The predicted molar refractivity (Wildman–Crippen MR) is 171 cm³/mol. The number of hydrogen-bond donors (Lipinski definition) is 0. The first-order valence-electron chi connectivity index (χ1n) is 15.6. The number of aryl methyl sites for hydroxylation is 4. The summed E-state index contributed by atoms with van der Waals surface area (Å²) in [7, 11) is 0. The maximum Gasteiger partial charge on any atom is 0.0660 e. The van der Waals surface area contributed by atoms with E-state index < -0.39 is 0 Å². The van der Waals surface area contributed by atoms with Crippen molar-refractivity contribution in [3.05, 3.63) is 69.3 Å². The molecular formula is C36H44N4Pt-2. The quantitative estimate of drug-likeness (QED) is 0.232. The van der Waals surface area contributed by atoms with Crippen molar-refractivity contribution in [2.24, 2.45) is 0 Å². The minimum absolute atomic E-state index is 0. The molecule has 2 aliphatic rings. The number of rotatable bonds is 8. The van der Waals surface area contributed by atoms with E-state index in [-0.39, 0.29) is 21.1 Å². The molecule has 0 saturated heterocycles. The molecule has 5 rings (SSSR count). The van der Waals surface area contributed by atoms with Crippen LogP contribution in [0.5, 0.6) is 0 Å². The molecule has 4 nitrogen and oxygen atoms in total. The van der Waals surface area contributed by atoms with Gasteiger partial charge in [0.15, 0.2) is 0 Å². The molecule has 3 aromatic rings. The van der Waals surface area contributed by atoms with Gasteiger partial charge in [-0.2, -0.15) is 0 Å². The van der Waals surface area contributed by atoms with Gasteiger partial charge in [0.1, 0.15) is 0 Å². The van der Waals surface area contributed by atoms with E-state index in [2.05, 4.69) is 79.7 Å². The molecule has 5 heteroatoms. The number of allylic oxidation sites excluding steroid dienone is 4. The van der Waals surface area contributed by atoms with E-state index in [1.165, 1.54) is 44.5 Å². The summed E-state index contributed by atoms with van der Waals surface area (Å²) in [6, 6.07) is 8.98. The average Bonchev–Trinajstić information content (AvgIpc) is 3.67. The summed E-state index contributed by atoms with van der Waals surface area (Å²) in [5.74, 6) is 0. The van der Waals surface area contributed by atoms with Gasteiger partial charge in [0.2, 0.25) is 0 Å². The van der Waals surface area contributed by atoms with Crippen LogP contribution in [0.25, 0.3) is 44.4 Å². The molecule has 0 radical (unpaired) electrons. The van der Waals surface area contributed by atoms with Crippen LogP contribution in [0.1, 0.15) is 126 Å². The normalized spacial score (nSPS) is 13.3. The Kier molecular flexibility index (Phi) is 9.96. The van der Waals surface area contributed by atoms with Gasteiger partial charge in [0, 0.05) is 21.1 Å². The third-order valence-electron chi connectivity index (χ3n) is 8.82. The van der Waals surface area contributed by atoms with Gasteiger partial charge in [-0.05, 0) is 73.7 Å². The monoisotopic (exact) mass is 727 g/mol. The van der Waals surface area contributed by atoms with E-state index >= 15 is 0 Å². The van der Waals surface area contributed by atoms with Gasteiger partial charge in [-0.1, -0.05) is 102 Å². The van der Waals surface area contributed by atoms with Crippen molar-refractivity contribution < 1.29 is 21.1 Å². The van der Waals surface area contributed by atoms with Gasteiger partial charge >= 0.3 is 0 Å². The van der Waals surface area contributed by atoms with E-state index in [0.717, 1.165) is 96.2 Å². The van der Waals surface area contributed by atoms with Crippen molar-refractivity contribution in [3.8, 4) is 0 Å². The van der Waals surface area contributed by atoms with E-state index in [9.17, 15) is 0 Å². The third-order valence-corrected chi connectivity index (χ3v) is 8.82. The van der Waals surface area contributed by atoms with E-state index in [4.69, 9.17) is 19.9 Å². The number of hydrogen-bond acceptors (Lipinski definition) is 2. The van der Waals surface area contributed by atoms with Crippen molar-refractivity contribution in [2.45, 2.75) is 107 Å². The first-order valence-corrected chi connectivity index (χ1v) is 15.6. The van der Waals surface area contributed by atoms with Gasteiger partial charge in [0.05, 0.1) is 22.8 Å². The van der Waals surface area contributed by atoms with Crippen LogP contribution in [-0.2, 0) is 46.7 Å². The molecule has 0 spiro atoms. The van der Waals surface area contributed by atoms with Gasteiger partial charge in [0.25, 0.3) is 0 Å². The Hall–Kier alpha value is -2.71. The number of aromatic nitrogens is 4. The van der Waals surface area contributed by atoms with Crippen molar-refractivity contribution in [3.63, 3.8) is 0 Å². The molecule has 0 atom stereocenters. The molecule has 3 aromatic heterocycles. The summed E-state index contributed by atoms with van der Waals surface area (Å²) in [6.07, 6.45) is 7.60. The Bertz CT molecular complexity index is 1440. The fourth-order valence-electron chi connectivity index (χ4n) is 6.92. The molecule has 0 aliphatic carbocycles. The molecule has 0 amide bonds. The summed E-state index contributed by atoms with van der Waals surface area (Å²) in [6.45, 7) is 17.9. The van der Waals surface area contributed by atoms with Crippen molar-refractivity contribution in [1.82, 2.24) is 19.9 Å². The van der Waals surface area contributed by atoms with Crippen LogP contribution in [0, 0.1) is 0 Å². The Morgan fingerprint density at radius 2 is 0.610 bits per heavy atom. The third kappa shape index (κ3) is 5.34. The van der Waals surface area contributed by atoms with Crippen LogP contribution in [0.4, 0.5) is 0 Å². The summed E-state index contributed by atoms with van der Waals surface area (Å²) in [5.41, 5.74) is 19.1. The molecule has 41 heavy (non-hydrogen) atoms. The number of nitrogens with zero attached hydrogens (tertiary/aromatic N) is 4. The van der Waals surface area contributed by atoms with Crippen LogP contribution in [-0.4, -0.2) is 9.97 Å². The van der Waals surface area contributed by atoms with Gasteiger partial charge < -0.3 is 9.97 Å². The van der Waals surface area contributed by atoms with Crippen LogP contribution in [0.3, 0.4) is 0 Å². The average molecular weight is 728 g/mol. The van der Waals surface area contributed by atoms with Crippen molar-refractivity contribution in [2.75, 3.05) is 0 Å². The standard InChI is InChI=1S/C36H44N4.Pt/c1-9-21-22(10-2)30-18-32-25(13-5)26(14-6)34(39-32)20-36-28(16-8)27(15-7)35(40-36)19-33-24(12-4)23(11-3)31(38-33)17-29(21)37-30;/h17-20H,9-16H2,1-8H3;/q-2;. The second-order valence-corrected chi connectivity index (χ2v) is 10.8. The molecule has 8 bridgehead atoms.